The molecule has 1 aromatic rings. The normalized spacial score (nSPS) is 11.2. The Labute approximate surface area is 122 Å². The van der Waals surface area contributed by atoms with Crippen LogP contribution in [-0.4, -0.2) is 21.8 Å². The van der Waals surface area contributed by atoms with Crippen molar-refractivity contribution < 1.29 is 32.8 Å². The van der Waals surface area contributed by atoms with Gasteiger partial charge in [0.1, 0.15) is 0 Å². The highest BCUT2D eigenvalue weighted by atomic mass is 127. The average molecular weight is 403 g/mol. The van der Waals surface area contributed by atoms with Gasteiger partial charge < -0.3 is 5.11 Å². The summed E-state index contributed by atoms with van der Waals surface area (Å²) in [5, 5.41) is 19.2. The summed E-state index contributed by atoms with van der Waals surface area (Å²) in [5.74, 6) is -3.51. The van der Waals surface area contributed by atoms with Crippen LogP contribution in [0.25, 0.3) is 0 Å². The molecule has 1 N–H and O–H groups in total. The van der Waals surface area contributed by atoms with E-state index in [1.54, 1.807) is 0 Å². The van der Waals surface area contributed by atoms with Crippen LogP contribution in [0.4, 0.5) is 18.9 Å². The average Bonchev–Trinajstić information content (AvgIpc) is 2.28. The molecular weight excluding hydrogens is 398 g/mol. The zero-order valence-corrected chi connectivity index (χ0v) is 11.6. The summed E-state index contributed by atoms with van der Waals surface area (Å²) in [6, 6.07) is 1.47. The third kappa shape index (κ3) is 3.65. The molecule has 0 radical (unpaired) electrons. The fourth-order valence-electron chi connectivity index (χ4n) is 1.46. The first-order valence-corrected chi connectivity index (χ1v) is 5.92. The first-order chi connectivity index (χ1) is 9.04. The Bertz CT molecular complexity index is 599. The number of nitrogens with zero attached hydrogens (tertiary/aromatic N) is 1. The van der Waals surface area contributed by atoms with Crippen LogP contribution in [-0.2, 0) is 22.2 Å². The summed E-state index contributed by atoms with van der Waals surface area (Å²) in [7, 11) is 0. The molecule has 0 bridgehead atoms. The highest BCUT2D eigenvalue weighted by Gasteiger charge is 2.38. The monoisotopic (exact) mass is 403 g/mol. The predicted molar refractivity (Wildman–Crippen MR) is 67.2 cm³/mol. The number of aliphatic carboxylic acids is 1. The molecule has 1 aromatic carbocycles. The van der Waals surface area contributed by atoms with Crippen molar-refractivity contribution in [2.75, 3.05) is 0 Å². The molecule has 0 unspecified atom stereocenters. The van der Waals surface area contributed by atoms with Crippen LogP contribution < -0.4 is 0 Å². The Morgan fingerprint density at radius 1 is 1.35 bits per heavy atom. The van der Waals surface area contributed by atoms with Crippen molar-refractivity contribution in [3.05, 3.63) is 36.9 Å². The Kier molecular flexibility index (Phi) is 4.68. The van der Waals surface area contributed by atoms with Crippen molar-refractivity contribution in [3.63, 3.8) is 0 Å². The Hall–Kier alpha value is -1.72. The fourth-order valence-corrected chi connectivity index (χ4v) is 2.07. The van der Waals surface area contributed by atoms with Gasteiger partial charge in [0.25, 0.3) is 5.69 Å². The van der Waals surface area contributed by atoms with E-state index in [1.165, 1.54) is 22.6 Å². The van der Waals surface area contributed by atoms with Crippen molar-refractivity contribution in [1.82, 2.24) is 0 Å². The lowest BCUT2D eigenvalue weighted by Gasteiger charge is -2.12. The minimum absolute atomic E-state index is 0.0480. The van der Waals surface area contributed by atoms with E-state index < -0.39 is 46.1 Å². The molecule has 0 amide bonds. The van der Waals surface area contributed by atoms with Crippen LogP contribution in [0.2, 0.25) is 0 Å². The van der Waals surface area contributed by atoms with Crippen molar-refractivity contribution in [3.8, 4) is 0 Å². The van der Waals surface area contributed by atoms with Gasteiger partial charge in [-0.05, 0) is 28.7 Å². The number of nitro groups is 1. The summed E-state index contributed by atoms with van der Waals surface area (Å²) in [6.07, 6.45) is -6.13. The van der Waals surface area contributed by atoms with Crippen LogP contribution in [0.3, 0.4) is 0 Å². The third-order valence-electron chi connectivity index (χ3n) is 2.27. The van der Waals surface area contributed by atoms with E-state index in [2.05, 4.69) is 0 Å². The summed E-state index contributed by atoms with van der Waals surface area (Å²) in [6.45, 7) is 0. The number of nitro benzene ring substituents is 1. The number of carboxylic acids is 1. The molecule has 6 nitrogen and oxygen atoms in total. The highest BCUT2D eigenvalue weighted by molar-refractivity contribution is 14.1. The molecular formula is C10H5F3INO5. The van der Waals surface area contributed by atoms with Gasteiger partial charge in [-0.25, -0.2) is 4.79 Å². The number of benzene rings is 1. The number of rotatable bonds is 4. The topological polar surface area (TPSA) is 97.5 Å². The van der Waals surface area contributed by atoms with Gasteiger partial charge >= 0.3 is 12.1 Å². The SMILES string of the molecule is O=C(O)C(=O)Cc1c([N+](=O)[O-])cc(I)cc1C(F)(F)F. The van der Waals surface area contributed by atoms with E-state index in [9.17, 15) is 32.9 Å². The van der Waals surface area contributed by atoms with Gasteiger partial charge in [0.2, 0.25) is 5.78 Å². The maximum atomic E-state index is 12.8. The quantitative estimate of drug-likeness (QED) is 0.361. The number of hydrogen-bond donors (Lipinski definition) is 1. The third-order valence-corrected chi connectivity index (χ3v) is 2.89. The van der Waals surface area contributed by atoms with Crippen molar-refractivity contribution in [1.29, 1.82) is 0 Å². The molecule has 0 heterocycles. The number of Topliss-reactive ketones (excluding diaryl/α,β-unsaturated/α-hetero) is 1. The molecule has 10 heteroatoms. The van der Waals surface area contributed by atoms with Crippen LogP contribution in [0, 0.1) is 13.7 Å². The van der Waals surface area contributed by atoms with E-state index in [0.29, 0.717) is 6.07 Å². The summed E-state index contributed by atoms with van der Waals surface area (Å²) >= 11 is 1.46. The number of ketones is 1. The van der Waals surface area contributed by atoms with Crippen LogP contribution in [0.15, 0.2) is 12.1 Å². The zero-order chi connectivity index (χ0) is 15.7. The minimum atomic E-state index is -4.93. The minimum Gasteiger partial charge on any atom is -0.475 e. The van der Waals surface area contributed by atoms with Gasteiger partial charge in [-0.15, -0.1) is 0 Å². The molecule has 0 saturated heterocycles. The van der Waals surface area contributed by atoms with Crippen molar-refractivity contribution >= 4 is 40.0 Å². The molecule has 0 fully saturated rings. The summed E-state index contributed by atoms with van der Waals surface area (Å²) in [4.78, 5) is 31.2. The largest absolute Gasteiger partial charge is 0.475 e. The maximum Gasteiger partial charge on any atom is 0.416 e. The van der Waals surface area contributed by atoms with Gasteiger partial charge in [0.05, 0.1) is 22.5 Å². The second-order valence-electron chi connectivity index (χ2n) is 3.61. The Balaban J connectivity index is 3.54. The van der Waals surface area contributed by atoms with E-state index >= 15 is 0 Å². The zero-order valence-electron chi connectivity index (χ0n) is 9.40. The number of halogens is 4. The van der Waals surface area contributed by atoms with Crippen LogP contribution in [0.5, 0.6) is 0 Å². The second kappa shape index (κ2) is 5.73. The number of hydrogen-bond acceptors (Lipinski definition) is 4. The molecule has 0 aromatic heterocycles. The molecule has 1 rings (SSSR count). The molecule has 0 aliphatic heterocycles. The van der Waals surface area contributed by atoms with Gasteiger partial charge in [-0.1, -0.05) is 0 Å². The van der Waals surface area contributed by atoms with E-state index in [-0.39, 0.29) is 3.57 Å². The fraction of sp³-hybridized carbons (Fsp3) is 0.200. The number of carboxylic acid groups (broad SMARTS) is 1. The smallest absolute Gasteiger partial charge is 0.416 e. The first kappa shape index (κ1) is 16.3. The van der Waals surface area contributed by atoms with E-state index in [0.717, 1.165) is 6.07 Å². The predicted octanol–water partition coefficient (Wildman–Crippen LogP) is 2.41. The number of alkyl halides is 3. The molecule has 0 atom stereocenters. The maximum absolute atomic E-state index is 12.8. The second-order valence-corrected chi connectivity index (χ2v) is 4.86. The number of carbonyl (C=O) groups is 2. The molecule has 0 aliphatic carbocycles. The number of carbonyl (C=O) groups excluding carboxylic acids is 1. The molecule has 108 valence electrons. The van der Waals surface area contributed by atoms with Crippen LogP contribution in [0.1, 0.15) is 11.1 Å². The van der Waals surface area contributed by atoms with Crippen molar-refractivity contribution in [2.45, 2.75) is 12.6 Å². The van der Waals surface area contributed by atoms with Gasteiger partial charge in [0.15, 0.2) is 0 Å². The molecule has 0 aliphatic rings. The van der Waals surface area contributed by atoms with E-state index in [1.807, 2.05) is 0 Å². The lowest BCUT2D eigenvalue weighted by atomic mass is 9.99. The van der Waals surface area contributed by atoms with Gasteiger partial charge in [0, 0.05) is 9.64 Å². The summed E-state index contributed by atoms with van der Waals surface area (Å²) < 4.78 is 38.5. The highest BCUT2D eigenvalue weighted by Crippen LogP contribution is 2.37. The lowest BCUT2D eigenvalue weighted by molar-refractivity contribution is -0.385. The standard InChI is InChI=1S/C10H5F3INO5/c11-10(12,13)6-1-4(14)2-7(15(19)20)5(6)3-8(16)9(17)18/h1-2H,3H2,(H,17,18). The Morgan fingerprint density at radius 2 is 1.90 bits per heavy atom. The van der Waals surface area contributed by atoms with Crippen LogP contribution >= 0.6 is 22.6 Å². The summed E-state index contributed by atoms with van der Waals surface area (Å²) in [5.41, 5.74) is -3.26. The lowest BCUT2D eigenvalue weighted by Crippen LogP contribution is -2.20. The first-order valence-electron chi connectivity index (χ1n) is 4.84. The Morgan fingerprint density at radius 3 is 2.30 bits per heavy atom. The van der Waals surface area contributed by atoms with E-state index in [4.69, 9.17) is 5.11 Å². The van der Waals surface area contributed by atoms with Gasteiger partial charge in [-0.2, -0.15) is 13.2 Å². The van der Waals surface area contributed by atoms with Crippen molar-refractivity contribution in [2.24, 2.45) is 0 Å². The molecule has 0 saturated carbocycles. The molecule has 20 heavy (non-hydrogen) atoms. The van der Waals surface area contributed by atoms with Gasteiger partial charge in [-0.3, -0.25) is 14.9 Å². The molecule has 0 spiro atoms.